The molecule has 0 aromatic carbocycles. The van der Waals surface area contributed by atoms with E-state index in [0.29, 0.717) is 11.5 Å². The maximum Gasteiger partial charge on any atom is 0.339 e. The highest BCUT2D eigenvalue weighted by atomic mass is 79.9. The van der Waals surface area contributed by atoms with E-state index in [4.69, 9.17) is 5.11 Å². The predicted molar refractivity (Wildman–Crippen MR) is 64.7 cm³/mol. The molecule has 0 aliphatic carbocycles. The lowest BCUT2D eigenvalue weighted by atomic mass is 10.2. The Hall–Kier alpha value is -1.27. The van der Waals surface area contributed by atoms with Gasteiger partial charge in [-0.05, 0) is 35.0 Å². The molecular formula is C10H7BrN2O2S. The van der Waals surface area contributed by atoms with Crippen molar-refractivity contribution >= 4 is 33.2 Å². The van der Waals surface area contributed by atoms with E-state index in [1.807, 2.05) is 12.1 Å². The number of carboxylic acid groups (broad SMARTS) is 1. The van der Waals surface area contributed by atoms with Crippen LogP contribution in [0.2, 0.25) is 0 Å². The van der Waals surface area contributed by atoms with Crippen LogP contribution in [0.3, 0.4) is 0 Å². The highest BCUT2D eigenvalue weighted by Crippen LogP contribution is 2.31. The number of carboxylic acids is 1. The minimum atomic E-state index is -1.01. The number of nitrogens with zero attached hydrogens (tertiary/aromatic N) is 2. The Morgan fingerprint density at radius 2 is 2.25 bits per heavy atom. The highest BCUT2D eigenvalue weighted by Gasteiger charge is 2.15. The van der Waals surface area contributed by atoms with E-state index in [-0.39, 0.29) is 5.56 Å². The number of aryl methyl sites for hydroxylation is 1. The summed E-state index contributed by atoms with van der Waals surface area (Å²) >= 11 is 4.78. The molecule has 4 nitrogen and oxygen atoms in total. The first-order valence-electron chi connectivity index (χ1n) is 4.40. The van der Waals surface area contributed by atoms with E-state index in [0.717, 1.165) is 8.66 Å². The third kappa shape index (κ3) is 2.12. The Bertz CT molecular complexity index is 554. The summed E-state index contributed by atoms with van der Waals surface area (Å²) in [5.74, 6) is -0.455. The largest absolute Gasteiger partial charge is 0.478 e. The normalized spacial score (nSPS) is 10.4. The zero-order valence-corrected chi connectivity index (χ0v) is 10.7. The van der Waals surface area contributed by atoms with Gasteiger partial charge < -0.3 is 5.11 Å². The number of rotatable bonds is 2. The van der Waals surface area contributed by atoms with Gasteiger partial charge in [-0.15, -0.1) is 11.3 Å². The molecule has 2 heterocycles. The highest BCUT2D eigenvalue weighted by molar-refractivity contribution is 9.11. The van der Waals surface area contributed by atoms with Gasteiger partial charge in [0.1, 0.15) is 11.4 Å². The van der Waals surface area contributed by atoms with Crippen molar-refractivity contribution in [2.24, 2.45) is 0 Å². The van der Waals surface area contributed by atoms with E-state index in [1.165, 1.54) is 17.5 Å². The van der Waals surface area contributed by atoms with Crippen LogP contribution >= 0.6 is 27.3 Å². The van der Waals surface area contributed by atoms with E-state index >= 15 is 0 Å². The number of aromatic carboxylic acids is 1. The minimum absolute atomic E-state index is 0.125. The van der Waals surface area contributed by atoms with Crippen LogP contribution < -0.4 is 0 Å². The summed E-state index contributed by atoms with van der Waals surface area (Å²) in [5, 5.41) is 9.04. The van der Waals surface area contributed by atoms with E-state index in [2.05, 4.69) is 25.9 Å². The monoisotopic (exact) mass is 298 g/mol. The molecule has 0 spiro atoms. The van der Waals surface area contributed by atoms with Crippen molar-refractivity contribution in [3.05, 3.63) is 33.5 Å². The molecule has 16 heavy (non-hydrogen) atoms. The molecule has 0 amide bonds. The van der Waals surface area contributed by atoms with Gasteiger partial charge in [-0.2, -0.15) is 0 Å². The lowest BCUT2D eigenvalue weighted by Crippen LogP contribution is -2.03. The standard InChI is InChI=1S/C10H7BrN2O2S/c1-5-12-4-6(10(14)15)9(13-5)7-2-3-8(11)16-7/h2-4H,1H3,(H,14,15). The topological polar surface area (TPSA) is 63.1 Å². The Labute approximate surface area is 104 Å². The van der Waals surface area contributed by atoms with Gasteiger partial charge in [0.05, 0.1) is 14.4 Å². The molecule has 2 rings (SSSR count). The van der Waals surface area contributed by atoms with Gasteiger partial charge in [-0.25, -0.2) is 14.8 Å². The third-order valence-electron chi connectivity index (χ3n) is 1.95. The Morgan fingerprint density at radius 3 is 2.81 bits per heavy atom. The van der Waals surface area contributed by atoms with E-state index < -0.39 is 5.97 Å². The molecule has 82 valence electrons. The Morgan fingerprint density at radius 1 is 1.50 bits per heavy atom. The van der Waals surface area contributed by atoms with Gasteiger partial charge >= 0.3 is 5.97 Å². The molecule has 0 saturated heterocycles. The molecule has 1 N–H and O–H groups in total. The van der Waals surface area contributed by atoms with Crippen molar-refractivity contribution in [2.75, 3.05) is 0 Å². The Balaban J connectivity index is 2.62. The van der Waals surface area contributed by atoms with Crippen LogP contribution in [-0.4, -0.2) is 21.0 Å². The number of aromatic nitrogens is 2. The molecule has 6 heteroatoms. The van der Waals surface area contributed by atoms with Crippen LogP contribution in [0.25, 0.3) is 10.6 Å². The van der Waals surface area contributed by atoms with Crippen molar-refractivity contribution < 1.29 is 9.90 Å². The lowest BCUT2D eigenvalue weighted by Gasteiger charge is -2.02. The molecule has 2 aromatic heterocycles. The second-order valence-electron chi connectivity index (χ2n) is 3.09. The summed E-state index contributed by atoms with van der Waals surface area (Å²) < 4.78 is 0.940. The average Bonchev–Trinajstić information content (AvgIpc) is 2.64. The van der Waals surface area contributed by atoms with Crippen LogP contribution in [0.4, 0.5) is 0 Å². The smallest absolute Gasteiger partial charge is 0.339 e. The summed E-state index contributed by atoms with van der Waals surface area (Å²) in [6.45, 7) is 1.73. The molecule has 0 aliphatic heterocycles. The molecule has 2 aromatic rings. The zero-order valence-electron chi connectivity index (χ0n) is 8.27. The Kier molecular flexibility index (Phi) is 3.02. The predicted octanol–water partition coefficient (Wildman–Crippen LogP) is 2.97. The maximum absolute atomic E-state index is 11.0. The first-order valence-corrected chi connectivity index (χ1v) is 6.01. The van der Waals surface area contributed by atoms with Crippen LogP contribution in [0.15, 0.2) is 22.1 Å². The average molecular weight is 299 g/mol. The lowest BCUT2D eigenvalue weighted by molar-refractivity contribution is 0.0697. The van der Waals surface area contributed by atoms with Gasteiger partial charge in [0, 0.05) is 6.20 Å². The molecule has 0 radical (unpaired) electrons. The van der Waals surface area contributed by atoms with Crippen molar-refractivity contribution in [1.82, 2.24) is 9.97 Å². The molecule has 0 saturated carbocycles. The van der Waals surface area contributed by atoms with Gasteiger partial charge in [0.25, 0.3) is 0 Å². The van der Waals surface area contributed by atoms with Crippen molar-refractivity contribution in [3.63, 3.8) is 0 Å². The maximum atomic E-state index is 11.0. The van der Waals surface area contributed by atoms with Crippen LogP contribution in [0, 0.1) is 6.92 Å². The number of thiophene rings is 1. The van der Waals surface area contributed by atoms with Gasteiger partial charge in [-0.3, -0.25) is 0 Å². The first kappa shape index (κ1) is 11.2. The van der Waals surface area contributed by atoms with Crippen LogP contribution in [0.5, 0.6) is 0 Å². The fraction of sp³-hybridized carbons (Fsp3) is 0.100. The first-order chi connectivity index (χ1) is 7.58. The van der Waals surface area contributed by atoms with Gasteiger partial charge in [0.2, 0.25) is 0 Å². The molecular weight excluding hydrogens is 292 g/mol. The zero-order chi connectivity index (χ0) is 11.7. The van der Waals surface area contributed by atoms with Crippen molar-refractivity contribution in [1.29, 1.82) is 0 Å². The third-order valence-corrected chi connectivity index (χ3v) is 3.58. The number of halogens is 1. The SMILES string of the molecule is Cc1ncc(C(=O)O)c(-c2ccc(Br)s2)n1. The fourth-order valence-electron chi connectivity index (χ4n) is 1.26. The summed E-state index contributed by atoms with van der Waals surface area (Å²) in [4.78, 5) is 19.9. The second-order valence-corrected chi connectivity index (χ2v) is 5.55. The number of carbonyl (C=O) groups is 1. The molecule has 0 unspecified atom stereocenters. The number of hydrogen-bond acceptors (Lipinski definition) is 4. The summed E-state index contributed by atoms with van der Waals surface area (Å²) in [5.41, 5.74) is 0.593. The fourth-order valence-corrected chi connectivity index (χ4v) is 2.65. The second kappa shape index (κ2) is 4.31. The van der Waals surface area contributed by atoms with Crippen molar-refractivity contribution in [2.45, 2.75) is 6.92 Å². The van der Waals surface area contributed by atoms with Gasteiger partial charge in [-0.1, -0.05) is 0 Å². The van der Waals surface area contributed by atoms with Crippen molar-refractivity contribution in [3.8, 4) is 10.6 Å². The molecule has 0 fully saturated rings. The summed E-state index contributed by atoms with van der Waals surface area (Å²) in [6.07, 6.45) is 1.34. The van der Waals surface area contributed by atoms with Crippen LogP contribution in [0.1, 0.15) is 16.2 Å². The van der Waals surface area contributed by atoms with Gasteiger partial charge in [0.15, 0.2) is 0 Å². The van der Waals surface area contributed by atoms with Crippen LogP contribution in [-0.2, 0) is 0 Å². The summed E-state index contributed by atoms with van der Waals surface area (Å²) in [6, 6.07) is 3.70. The van der Waals surface area contributed by atoms with E-state index in [1.54, 1.807) is 6.92 Å². The quantitative estimate of drug-likeness (QED) is 0.926. The molecule has 0 bridgehead atoms. The molecule has 0 aliphatic rings. The molecule has 0 atom stereocenters. The number of hydrogen-bond donors (Lipinski definition) is 1. The minimum Gasteiger partial charge on any atom is -0.478 e. The van der Waals surface area contributed by atoms with E-state index in [9.17, 15) is 4.79 Å². The summed E-state index contributed by atoms with van der Waals surface area (Å²) in [7, 11) is 0.